The summed E-state index contributed by atoms with van der Waals surface area (Å²) in [6.07, 6.45) is 1.24. The molecule has 0 aromatic heterocycles. The minimum Gasteiger partial charge on any atom is -0.311 e. The van der Waals surface area contributed by atoms with Gasteiger partial charge in [-0.05, 0) is 32.1 Å². The van der Waals surface area contributed by atoms with Gasteiger partial charge >= 0.3 is 0 Å². The molecule has 16 heavy (non-hydrogen) atoms. The Morgan fingerprint density at radius 2 is 2.12 bits per heavy atom. The third-order valence-corrected chi connectivity index (χ3v) is 4.24. The number of hydrogen-bond acceptors (Lipinski definition) is 2. The van der Waals surface area contributed by atoms with Gasteiger partial charge in [-0.3, -0.25) is 4.90 Å². The maximum absolute atomic E-state index is 12.6. The normalized spacial score (nSPS) is 36.9. The molecule has 1 saturated heterocycles. The lowest BCUT2D eigenvalue weighted by Crippen LogP contribution is -2.64. The van der Waals surface area contributed by atoms with E-state index in [1.807, 2.05) is 4.90 Å². The van der Waals surface area contributed by atoms with Gasteiger partial charge in [0, 0.05) is 24.7 Å². The second-order valence-electron chi connectivity index (χ2n) is 5.47. The van der Waals surface area contributed by atoms with Crippen molar-refractivity contribution >= 4 is 0 Å². The molecule has 2 atom stereocenters. The molecule has 0 spiro atoms. The Morgan fingerprint density at radius 1 is 1.44 bits per heavy atom. The second-order valence-corrected chi connectivity index (χ2v) is 5.47. The van der Waals surface area contributed by atoms with Crippen molar-refractivity contribution in [3.8, 4) is 0 Å². The zero-order valence-corrected chi connectivity index (χ0v) is 10.2. The van der Waals surface area contributed by atoms with Gasteiger partial charge in [0.25, 0.3) is 6.43 Å². The molecule has 1 aliphatic heterocycles. The molecule has 1 N–H and O–H groups in total. The molecule has 1 saturated carbocycles. The molecule has 0 aromatic rings. The summed E-state index contributed by atoms with van der Waals surface area (Å²) in [6, 6.07) is 0.443. The van der Waals surface area contributed by atoms with Gasteiger partial charge in [-0.1, -0.05) is 6.92 Å². The number of halogens is 2. The van der Waals surface area contributed by atoms with Crippen LogP contribution in [0.1, 0.15) is 33.1 Å². The largest absolute Gasteiger partial charge is 0.311 e. The van der Waals surface area contributed by atoms with E-state index in [1.54, 1.807) is 0 Å². The number of rotatable bonds is 4. The molecule has 0 radical (unpaired) electrons. The summed E-state index contributed by atoms with van der Waals surface area (Å²) < 4.78 is 25.2. The number of hydrogen-bond donors (Lipinski definition) is 1. The Morgan fingerprint density at radius 3 is 2.62 bits per heavy atom. The standard InChI is InChI=1S/C12H22F2N2/c1-3-12(2)8-15-10(9-4-5-9)6-16(12)7-11(13)14/h9-11,15H,3-8H2,1-2H3. The number of nitrogens with zero attached hydrogens (tertiary/aromatic N) is 1. The first-order chi connectivity index (χ1) is 7.55. The van der Waals surface area contributed by atoms with E-state index in [9.17, 15) is 8.78 Å². The third kappa shape index (κ3) is 2.54. The lowest BCUT2D eigenvalue weighted by atomic mass is 9.91. The average molecular weight is 232 g/mol. The summed E-state index contributed by atoms with van der Waals surface area (Å²) >= 11 is 0. The Balaban J connectivity index is 1.99. The van der Waals surface area contributed by atoms with Crippen LogP contribution in [0.15, 0.2) is 0 Å². The maximum Gasteiger partial charge on any atom is 0.251 e. The van der Waals surface area contributed by atoms with Crippen LogP contribution >= 0.6 is 0 Å². The van der Waals surface area contributed by atoms with Crippen LogP contribution < -0.4 is 5.32 Å². The Kier molecular flexibility index (Phi) is 3.50. The van der Waals surface area contributed by atoms with Crippen molar-refractivity contribution in [2.75, 3.05) is 19.6 Å². The quantitative estimate of drug-likeness (QED) is 0.798. The minimum absolute atomic E-state index is 0.0742. The third-order valence-electron chi connectivity index (χ3n) is 4.24. The highest BCUT2D eigenvalue weighted by Crippen LogP contribution is 2.36. The Hall–Kier alpha value is -0.220. The van der Waals surface area contributed by atoms with Crippen LogP contribution in [0, 0.1) is 5.92 Å². The summed E-state index contributed by atoms with van der Waals surface area (Å²) in [5.41, 5.74) is -0.0954. The highest BCUT2D eigenvalue weighted by Gasteiger charge is 2.42. The molecule has 2 unspecified atom stereocenters. The lowest BCUT2D eigenvalue weighted by molar-refractivity contribution is -0.00622. The Labute approximate surface area is 96.4 Å². The van der Waals surface area contributed by atoms with E-state index < -0.39 is 6.43 Å². The van der Waals surface area contributed by atoms with Crippen LogP contribution in [0.5, 0.6) is 0 Å². The van der Waals surface area contributed by atoms with Gasteiger partial charge in [-0.2, -0.15) is 0 Å². The molecule has 0 aromatic carbocycles. The number of nitrogens with one attached hydrogen (secondary N) is 1. The molecular weight excluding hydrogens is 210 g/mol. The number of piperazine rings is 1. The van der Waals surface area contributed by atoms with Gasteiger partial charge < -0.3 is 5.32 Å². The predicted molar refractivity (Wildman–Crippen MR) is 60.8 cm³/mol. The molecule has 1 heterocycles. The van der Waals surface area contributed by atoms with E-state index in [1.165, 1.54) is 12.8 Å². The molecule has 94 valence electrons. The molecule has 1 aliphatic carbocycles. The van der Waals surface area contributed by atoms with Crippen LogP contribution in [0.25, 0.3) is 0 Å². The SMILES string of the molecule is CCC1(C)CNC(C2CC2)CN1CC(F)F. The minimum atomic E-state index is -2.22. The molecule has 2 aliphatic rings. The van der Waals surface area contributed by atoms with Gasteiger partial charge in [0.05, 0.1) is 6.54 Å². The summed E-state index contributed by atoms with van der Waals surface area (Å²) in [5, 5.41) is 3.54. The van der Waals surface area contributed by atoms with Crippen molar-refractivity contribution in [3.05, 3.63) is 0 Å². The van der Waals surface area contributed by atoms with Crippen molar-refractivity contribution in [2.24, 2.45) is 5.92 Å². The fourth-order valence-electron chi connectivity index (χ4n) is 2.61. The van der Waals surface area contributed by atoms with Crippen molar-refractivity contribution in [2.45, 2.75) is 51.1 Å². The summed E-state index contributed by atoms with van der Waals surface area (Å²) in [5.74, 6) is 0.738. The number of alkyl halides is 2. The van der Waals surface area contributed by atoms with Crippen molar-refractivity contribution < 1.29 is 8.78 Å². The summed E-state index contributed by atoms with van der Waals surface area (Å²) in [7, 11) is 0. The summed E-state index contributed by atoms with van der Waals surface area (Å²) in [6.45, 7) is 5.73. The van der Waals surface area contributed by atoms with E-state index in [2.05, 4.69) is 19.2 Å². The van der Waals surface area contributed by atoms with E-state index in [0.717, 1.165) is 25.4 Å². The predicted octanol–water partition coefficient (Wildman–Crippen LogP) is 2.10. The van der Waals surface area contributed by atoms with E-state index >= 15 is 0 Å². The fraction of sp³-hybridized carbons (Fsp3) is 1.00. The highest BCUT2D eigenvalue weighted by atomic mass is 19.3. The average Bonchev–Trinajstić information content (AvgIpc) is 3.04. The van der Waals surface area contributed by atoms with E-state index in [4.69, 9.17) is 0 Å². The van der Waals surface area contributed by atoms with Crippen LogP contribution in [-0.4, -0.2) is 42.5 Å². The van der Waals surface area contributed by atoms with Gasteiger partial charge in [-0.25, -0.2) is 8.78 Å². The molecular formula is C12H22F2N2. The van der Waals surface area contributed by atoms with Crippen molar-refractivity contribution in [1.82, 2.24) is 10.2 Å². The smallest absolute Gasteiger partial charge is 0.251 e. The van der Waals surface area contributed by atoms with Crippen LogP contribution in [0.3, 0.4) is 0 Å². The molecule has 0 amide bonds. The van der Waals surface area contributed by atoms with Crippen LogP contribution in [0.4, 0.5) is 8.78 Å². The summed E-state index contributed by atoms with van der Waals surface area (Å²) in [4.78, 5) is 2.00. The monoisotopic (exact) mass is 232 g/mol. The van der Waals surface area contributed by atoms with Gasteiger partial charge in [-0.15, -0.1) is 0 Å². The maximum atomic E-state index is 12.6. The van der Waals surface area contributed by atoms with Crippen molar-refractivity contribution in [3.63, 3.8) is 0 Å². The first kappa shape index (κ1) is 12.2. The molecule has 4 heteroatoms. The van der Waals surface area contributed by atoms with Gasteiger partial charge in [0.1, 0.15) is 0 Å². The fourth-order valence-corrected chi connectivity index (χ4v) is 2.61. The van der Waals surface area contributed by atoms with Crippen LogP contribution in [-0.2, 0) is 0 Å². The molecule has 2 rings (SSSR count). The zero-order chi connectivity index (χ0) is 11.8. The first-order valence-electron chi connectivity index (χ1n) is 6.32. The zero-order valence-electron chi connectivity index (χ0n) is 10.2. The second kappa shape index (κ2) is 4.57. The first-order valence-corrected chi connectivity index (χ1v) is 6.32. The van der Waals surface area contributed by atoms with E-state index in [-0.39, 0.29) is 12.1 Å². The van der Waals surface area contributed by atoms with Gasteiger partial charge in [0.15, 0.2) is 0 Å². The van der Waals surface area contributed by atoms with Crippen molar-refractivity contribution in [1.29, 1.82) is 0 Å². The van der Waals surface area contributed by atoms with Gasteiger partial charge in [0.2, 0.25) is 0 Å². The molecule has 2 fully saturated rings. The molecule has 2 nitrogen and oxygen atoms in total. The van der Waals surface area contributed by atoms with Crippen LogP contribution in [0.2, 0.25) is 0 Å². The lowest BCUT2D eigenvalue weighted by Gasteiger charge is -2.48. The Bertz CT molecular complexity index is 243. The van der Waals surface area contributed by atoms with E-state index in [0.29, 0.717) is 6.04 Å². The highest BCUT2D eigenvalue weighted by molar-refractivity contribution is 4.99. The molecule has 0 bridgehead atoms. The topological polar surface area (TPSA) is 15.3 Å².